The number of halogens is 1. The summed E-state index contributed by atoms with van der Waals surface area (Å²) in [5, 5.41) is 13.1. The molecule has 0 saturated heterocycles. The lowest BCUT2D eigenvalue weighted by molar-refractivity contribution is 0.0717. The molecule has 166 valence electrons. The number of hydrogen-bond donors (Lipinski definition) is 2. The zero-order valence-electron chi connectivity index (χ0n) is 17.9. The van der Waals surface area contributed by atoms with Gasteiger partial charge in [-0.25, -0.2) is 9.37 Å². The van der Waals surface area contributed by atoms with E-state index in [-0.39, 0.29) is 24.4 Å². The Labute approximate surface area is 186 Å². The van der Waals surface area contributed by atoms with Crippen molar-refractivity contribution in [1.29, 1.82) is 0 Å². The summed E-state index contributed by atoms with van der Waals surface area (Å²) in [6.45, 7) is 2.17. The van der Waals surface area contributed by atoms with Crippen molar-refractivity contribution in [2.75, 3.05) is 0 Å². The zero-order valence-corrected chi connectivity index (χ0v) is 17.9. The Bertz CT molecular complexity index is 1090. The highest BCUT2D eigenvalue weighted by atomic mass is 19.1. The number of rotatable bonds is 6. The lowest BCUT2D eigenvalue weighted by Crippen LogP contribution is -2.45. The highest BCUT2D eigenvalue weighted by molar-refractivity contribution is 5.95. The minimum atomic E-state index is -0.540. The van der Waals surface area contributed by atoms with E-state index in [1.807, 2.05) is 19.1 Å². The van der Waals surface area contributed by atoms with Crippen molar-refractivity contribution in [3.63, 3.8) is 0 Å². The Kier molecular flexibility index (Phi) is 6.75. The number of hydrogen-bond acceptors (Lipinski definition) is 5. The van der Waals surface area contributed by atoms with Crippen LogP contribution in [0, 0.1) is 12.7 Å². The molecule has 2 aromatic heterocycles. The fourth-order valence-corrected chi connectivity index (χ4v) is 3.87. The van der Waals surface area contributed by atoms with Gasteiger partial charge in [-0.05, 0) is 55.2 Å². The smallest absolute Gasteiger partial charge is 0.253 e. The maximum absolute atomic E-state index is 13.5. The van der Waals surface area contributed by atoms with Crippen LogP contribution in [0.25, 0.3) is 11.1 Å². The molecule has 2 atom stereocenters. The average molecular weight is 435 g/mol. The molecule has 4 rings (SSSR count). The average Bonchev–Trinajstić information content (AvgIpc) is 2.80. The number of aliphatic hydroxyl groups is 1. The minimum Gasteiger partial charge on any atom is -0.471 e. The van der Waals surface area contributed by atoms with Gasteiger partial charge in [0, 0.05) is 18.0 Å². The van der Waals surface area contributed by atoms with E-state index in [9.17, 15) is 14.3 Å². The second kappa shape index (κ2) is 9.87. The Morgan fingerprint density at radius 3 is 2.72 bits per heavy atom. The monoisotopic (exact) mass is 435 g/mol. The molecule has 1 aliphatic carbocycles. The third-order valence-electron chi connectivity index (χ3n) is 5.78. The quantitative estimate of drug-likeness (QED) is 0.606. The molecular weight excluding hydrogens is 409 g/mol. The van der Waals surface area contributed by atoms with E-state index in [4.69, 9.17) is 4.74 Å². The molecule has 1 saturated carbocycles. The van der Waals surface area contributed by atoms with E-state index in [0.717, 1.165) is 30.5 Å². The van der Waals surface area contributed by atoms with Gasteiger partial charge in [0.2, 0.25) is 5.88 Å². The first-order chi connectivity index (χ1) is 15.5. The zero-order chi connectivity index (χ0) is 22.5. The van der Waals surface area contributed by atoms with Crippen molar-refractivity contribution < 1.29 is 19.0 Å². The molecule has 3 aromatic rings. The van der Waals surface area contributed by atoms with Gasteiger partial charge in [-0.1, -0.05) is 31.0 Å². The number of carbonyl (C=O) groups is 1. The van der Waals surface area contributed by atoms with E-state index in [0.29, 0.717) is 29.0 Å². The SMILES string of the molecule is Cc1cccnc1COc1ncc(C(=O)N[C@@H]2CCCC[C@H]2O)cc1-c1ccc(F)cc1. The van der Waals surface area contributed by atoms with Gasteiger partial charge in [0.25, 0.3) is 5.91 Å². The van der Waals surface area contributed by atoms with Crippen molar-refractivity contribution in [2.45, 2.75) is 51.4 Å². The van der Waals surface area contributed by atoms with Crippen LogP contribution in [-0.4, -0.2) is 33.1 Å². The molecule has 0 aliphatic heterocycles. The first kappa shape index (κ1) is 21.9. The Morgan fingerprint density at radius 1 is 1.19 bits per heavy atom. The molecular formula is C25H26FN3O3. The van der Waals surface area contributed by atoms with Crippen LogP contribution < -0.4 is 10.1 Å². The Morgan fingerprint density at radius 2 is 1.97 bits per heavy atom. The highest BCUT2D eigenvalue weighted by Crippen LogP contribution is 2.30. The van der Waals surface area contributed by atoms with Crippen molar-refractivity contribution >= 4 is 5.91 Å². The number of amides is 1. The summed E-state index contributed by atoms with van der Waals surface area (Å²) in [5.74, 6) is -0.330. The van der Waals surface area contributed by atoms with Gasteiger partial charge >= 0.3 is 0 Å². The van der Waals surface area contributed by atoms with E-state index in [1.54, 1.807) is 24.4 Å². The normalized spacial score (nSPS) is 18.2. The summed E-state index contributed by atoms with van der Waals surface area (Å²) in [7, 11) is 0. The van der Waals surface area contributed by atoms with E-state index < -0.39 is 6.10 Å². The van der Waals surface area contributed by atoms with Crippen LogP contribution in [0.2, 0.25) is 0 Å². The molecule has 0 spiro atoms. The molecule has 32 heavy (non-hydrogen) atoms. The summed E-state index contributed by atoms with van der Waals surface area (Å²) < 4.78 is 19.4. The van der Waals surface area contributed by atoms with Crippen molar-refractivity contribution in [2.24, 2.45) is 0 Å². The molecule has 0 radical (unpaired) electrons. The second-order valence-electron chi connectivity index (χ2n) is 8.07. The molecule has 6 nitrogen and oxygen atoms in total. The van der Waals surface area contributed by atoms with Crippen molar-refractivity contribution in [1.82, 2.24) is 15.3 Å². The number of ether oxygens (including phenoxy) is 1. The number of carbonyl (C=O) groups excluding carboxylic acids is 1. The number of pyridine rings is 2. The molecule has 1 amide bonds. The molecule has 1 aromatic carbocycles. The number of aryl methyl sites for hydroxylation is 1. The molecule has 2 heterocycles. The van der Waals surface area contributed by atoms with Gasteiger partial charge < -0.3 is 15.2 Å². The van der Waals surface area contributed by atoms with Gasteiger partial charge in [-0.2, -0.15) is 0 Å². The summed E-state index contributed by atoms with van der Waals surface area (Å²) in [4.78, 5) is 21.6. The number of nitrogens with zero attached hydrogens (tertiary/aromatic N) is 2. The third kappa shape index (κ3) is 5.11. The molecule has 0 bridgehead atoms. The number of aromatic nitrogens is 2. The van der Waals surface area contributed by atoms with Gasteiger partial charge in [-0.3, -0.25) is 9.78 Å². The molecule has 7 heteroatoms. The van der Waals surface area contributed by atoms with Crippen LogP contribution >= 0.6 is 0 Å². The van der Waals surface area contributed by atoms with Gasteiger partial charge in [0.15, 0.2) is 0 Å². The van der Waals surface area contributed by atoms with E-state index in [2.05, 4.69) is 15.3 Å². The lowest BCUT2D eigenvalue weighted by atomic mass is 9.92. The standard InChI is InChI=1S/C25H26FN3O3/c1-16-5-4-12-27-22(16)15-32-25-20(17-8-10-19(26)11-9-17)13-18(14-28-25)24(31)29-21-6-2-3-7-23(21)30/h4-5,8-14,21,23,30H,2-3,6-7,15H2,1H3,(H,29,31)/t21-,23-/m1/s1. The predicted octanol–water partition coefficient (Wildman–Crippen LogP) is 4.20. The second-order valence-corrected chi connectivity index (χ2v) is 8.07. The maximum atomic E-state index is 13.5. The van der Waals surface area contributed by atoms with E-state index >= 15 is 0 Å². The van der Waals surface area contributed by atoms with Gasteiger partial charge in [-0.15, -0.1) is 0 Å². The van der Waals surface area contributed by atoms with Crippen LogP contribution in [-0.2, 0) is 6.61 Å². The lowest BCUT2D eigenvalue weighted by Gasteiger charge is -2.28. The van der Waals surface area contributed by atoms with E-state index in [1.165, 1.54) is 18.3 Å². The number of nitrogens with one attached hydrogen (secondary N) is 1. The Hall–Kier alpha value is -3.32. The predicted molar refractivity (Wildman–Crippen MR) is 119 cm³/mol. The fraction of sp³-hybridized carbons (Fsp3) is 0.320. The molecule has 0 unspecified atom stereocenters. The summed E-state index contributed by atoms with van der Waals surface area (Å²) in [6.07, 6.45) is 5.98. The van der Waals surface area contributed by atoms with Gasteiger partial charge in [0.1, 0.15) is 12.4 Å². The van der Waals surface area contributed by atoms with Crippen molar-refractivity contribution in [3.05, 3.63) is 77.5 Å². The molecule has 1 aliphatic rings. The first-order valence-electron chi connectivity index (χ1n) is 10.8. The number of aliphatic hydroxyl groups excluding tert-OH is 1. The van der Waals surface area contributed by atoms with Gasteiger partial charge in [0.05, 0.1) is 23.4 Å². The maximum Gasteiger partial charge on any atom is 0.253 e. The van der Waals surface area contributed by atoms with Crippen LogP contribution in [0.15, 0.2) is 54.9 Å². The first-order valence-corrected chi connectivity index (χ1v) is 10.8. The van der Waals surface area contributed by atoms with Crippen molar-refractivity contribution in [3.8, 4) is 17.0 Å². The third-order valence-corrected chi connectivity index (χ3v) is 5.78. The molecule has 2 N–H and O–H groups in total. The minimum absolute atomic E-state index is 0.216. The van der Waals surface area contributed by atoms with Crippen LogP contribution in [0.4, 0.5) is 4.39 Å². The largest absolute Gasteiger partial charge is 0.471 e. The van der Waals surface area contributed by atoms with Crippen LogP contribution in [0.5, 0.6) is 5.88 Å². The van der Waals surface area contributed by atoms with Crippen LogP contribution in [0.3, 0.4) is 0 Å². The summed E-state index contributed by atoms with van der Waals surface area (Å²) in [5.41, 5.74) is 3.39. The fourth-order valence-electron chi connectivity index (χ4n) is 3.87. The summed E-state index contributed by atoms with van der Waals surface area (Å²) in [6, 6.07) is 11.2. The summed E-state index contributed by atoms with van der Waals surface area (Å²) >= 11 is 0. The Balaban J connectivity index is 1.60. The highest BCUT2D eigenvalue weighted by Gasteiger charge is 2.25. The molecule has 1 fully saturated rings. The topological polar surface area (TPSA) is 84.3 Å². The van der Waals surface area contributed by atoms with Crippen LogP contribution in [0.1, 0.15) is 47.3 Å². The number of benzene rings is 1.